The minimum atomic E-state index is -0.311. The van der Waals surface area contributed by atoms with E-state index in [1.807, 2.05) is 0 Å². The lowest BCUT2D eigenvalue weighted by Crippen LogP contribution is -2.08. The van der Waals surface area contributed by atoms with Gasteiger partial charge >= 0.3 is 0 Å². The van der Waals surface area contributed by atoms with Gasteiger partial charge in [0.05, 0.1) is 6.10 Å². The number of rotatable bonds is 8. The molecule has 0 aliphatic carbocycles. The SMILES string of the molecule is C=CC(O)CC(C)CCCC(C)CC. The molecule has 0 heterocycles. The van der Waals surface area contributed by atoms with E-state index in [-0.39, 0.29) is 6.10 Å². The first-order chi connectivity index (χ1) is 6.60. The van der Waals surface area contributed by atoms with Gasteiger partial charge in [0.25, 0.3) is 0 Å². The van der Waals surface area contributed by atoms with Crippen molar-refractivity contribution in [2.24, 2.45) is 11.8 Å². The molecule has 14 heavy (non-hydrogen) atoms. The van der Waals surface area contributed by atoms with E-state index in [9.17, 15) is 5.11 Å². The zero-order valence-corrected chi connectivity index (χ0v) is 10.00. The Morgan fingerprint density at radius 2 is 1.79 bits per heavy atom. The Morgan fingerprint density at radius 1 is 1.21 bits per heavy atom. The van der Waals surface area contributed by atoms with Crippen molar-refractivity contribution in [2.75, 3.05) is 0 Å². The normalized spacial score (nSPS) is 17.4. The number of hydrogen-bond donors (Lipinski definition) is 1. The van der Waals surface area contributed by atoms with E-state index >= 15 is 0 Å². The third-order valence-electron chi connectivity index (χ3n) is 3.01. The molecular formula is C13H26O. The molecule has 0 rings (SSSR count). The summed E-state index contributed by atoms with van der Waals surface area (Å²) >= 11 is 0. The molecule has 0 aliphatic heterocycles. The number of hydrogen-bond acceptors (Lipinski definition) is 1. The molecule has 0 saturated heterocycles. The lowest BCUT2D eigenvalue weighted by Gasteiger charge is -2.14. The third-order valence-corrected chi connectivity index (χ3v) is 3.01. The number of aliphatic hydroxyl groups is 1. The summed E-state index contributed by atoms with van der Waals surface area (Å²) in [6.07, 6.45) is 7.31. The topological polar surface area (TPSA) is 20.2 Å². The zero-order chi connectivity index (χ0) is 11.0. The molecule has 3 unspecified atom stereocenters. The maximum absolute atomic E-state index is 9.36. The second kappa shape index (κ2) is 8.05. The fraction of sp³-hybridized carbons (Fsp3) is 0.846. The minimum Gasteiger partial charge on any atom is -0.389 e. The van der Waals surface area contributed by atoms with Gasteiger partial charge in [0.15, 0.2) is 0 Å². The van der Waals surface area contributed by atoms with Crippen molar-refractivity contribution >= 4 is 0 Å². The number of aliphatic hydroxyl groups excluding tert-OH is 1. The highest BCUT2D eigenvalue weighted by atomic mass is 16.3. The van der Waals surface area contributed by atoms with Crippen LogP contribution in [0, 0.1) is 11.8 Å². The molecular weight excluding hydrogens is 172 g/mol. The molecule has 1 nitrogen and oxygen atoms in total. The molecule has 0 aromatic heterocycles. The summed E-state index contributed by atoms with van der Waals surface area (Å²) in [5.74, 6) is 1.47. The van der Waals surface area contributed by atoms with Crippen LogP contribution in [0.4, 0.5) is 0 Å². The van der Waals surface area contributed by atoms with Crippen LogP contribution in [0.5, 0.6) is 0 Å². The van der Waals surface area contributed by atoms with Crippen LogP contribution in [0.2, 0.25) is 0 Å². The van der Waals surface area contributed by atoms with Crippen molar-refractivity contribution in [3.8, 4) is 0 Å². The van der Waals surface area contributed by atoms with Gasteiger partial charge < -0.3 is 5.11 Å². The molecule has 0 spiro atoms. The predicted molar refractivity (Wildman–Crippen MR) is 63.3 cm³/mol. The van der Waals surface area contributed by atoms with E-state index in [0.717, 1.165) is 12.3 Å². The first-order valence-electron chi connectivity index (χ1n) is 5.90. The van der Waals surface area contributed by atoms with E-state index < -0.39 is 0 Å². The second-order valence-electron chi connectivity index (χ2n) is 4.59. The standard InChI is InChI=1S/C13H26O/c1-5-11(3)8-7-9-12(4)10-13(14)6-2/h6,11-14H,2,5,7-10H2,1,3-4H3. The van der Waals surface area contributed by atoms with Crippen LogP contribution in [0.3, 0.4) is 0 Å². The quantitative estimate of drug-likeness (QED) is 0.589. The highest BCUT2D eigenvalue weighted by molar-refractivity contribution is 4.79. The average Bonchev–Trinajstić information content (AvgIpc) is 2.17. The monoisotopic (exact) mass is 198 g/mol. The first-order valence-corrected chi connectivity index (χ1v) is 5.90. The van der Waals surface area contributed by atoms with Crippen molar-refractivity contribution < 1.29 is 5.11 Å². The first kappa shape index (κ1) is 13.7. The maximum Gasteiger partial charge on any atom is 0.0720 e. The van der Waals surface area contributed by atoms with E-state index in [1.54, 1.807) is 6.08 Å². The van der Waals surface area contributed by atoms with Crippen LogP contribution >= 0.6 is 0 Å². The van der Waals surface area contributed by atoms with E-state index in [1.165, 1.54) is 25.7 Å². The van der Waals surface area contributed by atoms with Gasteiger partial charge in [-0.1, -0.05) is 52.5 Å². The molecule has 84 valence electrons. The molecule has 3 atom stereocenters. The lowest BCUT2D eigenvalue weighted by atomic mass is 9.94. The fourth-order valence-electron chi connectivity index (χ4n) is 1.65. The van der Waals surface area contributed by atoms with E-state index in [2.05, 4.69) is 27.4 Å². The van der Waals surface area contributed by atoms with E-state index in [4.69, 9.17) is 0 Å². The van der Waals surface area contributed by atoms with Gasteiger partial charge in [-0.15, -0.1) is 6.58 Å². The maximum atomic E-state index is 9.36. The van der Waals surface area contributed by atoms with Gasteiger partial charge in [-0.25, -0.2) is 0 Å². The molecule has 0 fully saturated rings. The summed E-state index contributed by atoms with van der Waals surface area (Å²) in [5.41, 5.74) is 0. The fourth-order valence-corrected chi connectivity index (χ4v) is 1.65. The van der Waals surface area contributed by atoms with Crippen molar-refractivity contribution in [1.82, 2.24) is 0 Å². The van der Waals surface area contributed by atoms with Gasteiger partial charge in [-0.3, -0.25) is 0 Å². The van der Waals surface area contributed by atoms with Crippen LogP contribution in [-0.2, 0) is 0 Å². The van der Waals surface area contributed by atoms with Crippen molar-refractivity contribution in [3.63, 3.8) is 0 Å². The van der Waals surface area contributed by atoms with Crippen LogP contribution < -0.4 is 0 Å². The van der Waals surface area contributed by atoms with Gasteiger partial charge in [-0.05, 0) is 18.3 Å². The molecule has 0 aromatic carbocycles. The summed E-state index contributed by atoms with van der Waals surface area (Å²) < 4.78 is 0. The van der Waals surface area contributed by atoms with Gasteiger partial charge in [0, 0.05) is 0 Å². The summed E-state index contributed by atoms with van der Waals surface area (Å²) in [6, 6.07) is 0. The largest absolute Gasteiger partial charge is 0.389 e. The van der Waals surface area contributed by atoms with Crippen molar-refractivity contribution in [2.45, 2.75) is 59.0 Å². The highest BCUT2D eigenvalue weighted by Crippen LogP contribution is 2.18. The van der Waals surface area contributed by atoms with Gasteiger partial charge in [0.2, 0.25) is 0 Å². The van der Waals surface area contributed by atoms with Crippen LogP contribution in [-0.4, -0.2) is 11.2 Å². The molecule has 0 bridgehead atoms. The smallest absolute Gasteiger partial charge is 0.0720 e. The Hall–Kier alpha value is -0.300. The third kappa shape index (κ3) is 7.14. The lowest BCUT2D eigenvalue weighted by molar-refractivity contribution is 0.187. The Balaban J connectivity index is 3.44. The summed E-state index contributed by atoms with van der Waals surface area (Å²) in [7, 11) is 0. The molecule has 1 heteroatoms. The molecule has 0 radical (unpaired) electrons. The Morgan fingerprint density at radius 3 is 2.29 bits per heavy atom. The highest BCUT2D eigenvalue weighted by Gasteiger charge is 2.07. The second-order valence-corrected chi connectivity index (χ2v) is 4.59. The van der Waals surface area contributed by atoms with Crippen LogP contribution in [0.15, 0.2) is 12.7 Å². The average molecular weight is 198 g/mol. The molecule has 0 amide bonds. The van der Waals surface area contributed by atoms with Gasteiger partial charge in [-0.2, -0.15) is 0 Å². The Bertz CT molecular complexity index is 142. The minimum absolute atomic E-state index is 0.311. The van der Waals surface area contributed by atoms with Crippen LogP contribution in [0.1, 0.15) is 52.9 Å². The summed E-state index contributed by atoms with van der Waals surface area (Å²) in [4.78, 5) is 0. The van der Waals surface area contributed by atoms with Crippen molar-refractivity contribution in [1.29, 1.82) is 0 Å². The summed E-state index contributed by atoms with van der Waals surface area (Å²) in [6.45, 7) is 10.4. The molecule has 0 saturated carbocycles. The zero-order valence-electron chi connectivity index (χ0n) is 10.00. The predicted octanol–water partition coefficient (Wildman–Crippen LogP) is 3.78. The molecule has 0 aromatic rings. The van der Waals surface area contributed by atoms with Crippen molar-refractivity contribution in [3.05, 3.63) is 12.7 Å². The Kier molecular flexibility index (Phi) is 7.87. The molecule has 1 N–H and O–H groups in total. The molecule has 0 aliphatic rings. The summed E-state index contributed by atoms with van der Waals surface area (Å²) in [5, 5.41) is 9.36. The van der Waals surface area contributed by atoms with E-state index in [0.29, 0.717) is 5.92 Å². The van der Waals surface area contributed by atoms with Crippen LogP contribution in [0.25, 0.3) is 0 Å². The Labute approximate surface area is 89.2 Å². The van der Waals surface area contributed by atoms with Gasteiger partial charge in [0.1, 0.15) is 0 Å².